The topological polar surface area (TPSA) is 87.5 Å². The molecular weight excluding hydrogens is 497 g/mol. The maximum absolute atomic E-state index is 13.2. The minimum absolute atomic E-state index is 0.0830. The molecule has 1 amide bonds. The van der Waals surface area contributed by atoms with Crippen molar-refractivity contribution in [3.63, 3.8) is 0 Å². The van der Waals surface area contributed by atoms with Gasteiger partial charge in [-0.05, 0) is 87.5 Å². The summed E-state index contributed by atoms with van der Waals surface area (Å²) >= 11 is 0. The molecule has 1 aromatic heterocycles. The molecule has 0 bridgehead atoms. The SMILES string of the molecule is O=C(Nc1nc2cc(CN3CCCCC3)ccc2n1C1CCC(C(=O)O)CC1)c1cccc(C(F)(F)F)c1. The van der Waals surface area contributed by atoms with Gasteiger partial charge in [0.1, 0.15) is 0 Å². The number of hydrogen-bond acceptors (Lipinski definition) is 4. The largest absolute Gasteiger partial charge is 0.481 e. The van der Waals surface area contributed by atoms with Crippen molar-refractivity contribution in [2.75, 3.05) is 18.4 Å². The molecule has 7 nitrogen and oxygen atoms in total. The monoisotopic (exact) mass is 528 g/mol. The second-order valence-electron chi connectivity index (χ2n) is 10.3. The van der Waals surface area contributed by atoms with Gasteiger partial charge in [0, 0.05) is 18.2 Å². The van der Waals surface area contributed by atoms with Crippen LogP contribution in [0.2, 0.25) is 0 Å². The van der Waals surface area contributed by atoms with Crippen molar-refractivity contribution in [1.82, 2.24) is 14.5 Å². The fraction of sp³-hybridized carbons (Fsp3) is 0.464. The Balaban J connectivity index is 1.46. The van der Waals surface area contributed by atoms with Crippen LogP contribution in [-0.4, -0.2) is 44.5 Å². The Morgan fingerprint density at radius 1 is 1.00 bits per heavy atom. The normalized spacial score (nSPS) is 20.9. The number of fused-ring (bicyclic) bond motifs is 1. The molecule has 2 N–H and O–H groups in total. The molecule has 1 saturated heterocycles. The number of carbonyl (C=O) groups excluding carboxylic acids is 1. The fourth-order valence-corrected chi connectivity index (χ4v) is 5.67. The van der Waals surface area contributed by atoms with Gasteiger partial charge in [-0.15, -0.1) is 0 Å². The van der Waals surface area contributed by atoms with Crippen LogP contribution < -0.4 is 5.32 Å². The zero-order valence-corrected chi connectivity index (χ0v) is 21.0. The lowest BCUT2D eigenvalue weighted by molar-refractivity contribution is -0.143. The number of alkyl halides is 3. The molecule has 1 saturated carbocycles. The van der Waals surface area contributed by atoms with Gasteiger partial charge in [-0.3, -0.25) is 19.8 Å². The van der Waals surface area contributed by atoms with Crippen LogP contribution in [0.1, 0.15) is 72.5 Å². The number of benzene rings is 2. The van der Waals surface area contributed by atoms with Crippen LogP contribution >= 0.6 is 0 Å². The van der Waals surface area contributed by atoms with E-state index in [2.05, 4.69) is 16.3 Å². The van der Waals surface area contributed by atoms with E-state index in [1.165, 1.54) is 31.4 Å². The summed E-state index contributed by atoms with van der Waals surface area (Å²) in [5.74, 6) is -1.63. The summed E-state index contributed by atoms with van der Waals surface area (Å²) in [5, 5.41) is 12.2. The number of aromatic nitrogens is 2. The number of halogens is 3. The summed E-state index contributed by atoms with van der Waals surface area (Å²) < 4.78 is 41.5. The molecule has 2 aliphatic rings. The lowest BCUT2D eigenvalue weighted by Crippen LogP contribution is -2.29. The maximum atomic E-state index is 13.2. The molecule has 2 aromatic carbocycles. The molecule has 2 fully saturated rings. The number of nitrogens with one attached hydrogen (secondary N) is 1. The zero-order valence-electron chi connectivity index (χ0n) is 21.0. The van der Waals surface area contributed by atoms with E-state index >= 15 is 0 Å². The Bertz CT molecular complexity index is 1320. The molecule has 1 aliphatic heterocycles. The van der Waals surface area contributed by atoms with Crippen molar-refractivity contribution in [3.05, 3.63) is 59.2 Å². The molecule has 0 spiro atoms. The molecule has 3 aromatic rings. The van der Waals surface area contributed by atoms with Gasteiger partial charge in [-0.25, -0.2) is 4.98 Å². The quantitative estimate of drug-likeness (QED) is 0.403. The van der Waals surface area contributed by atoms with Crippen molar-refractivity contribution < 1.29 is 27.9 Å². The number of hydrogen-bond donors (Lipinski definition) is 2. The first-order chi connectivity index (χ1) is 18.2. The summed E-state index contributed by atoms with van der Waals surface area (Å²) in [6.45, 7) is 2.91. The first-order valence-electron chi connectivity index (χ1n) is 13.1. The van der Waals surface area contributed by atoms with Gasteiger partial charge in [0.15, 0.2) is 0 Å². The highest BCUT2D eigenvalue weighted by atomic mass is 19.4. The first kappa shape index (κ1) is 26.2. The van der Waals surface area contributed by atoms with Crippen molar-refractivity contribution in [2.45, 2.75) is 63.7 Å². The van der Waals surface area contributed by atoms with Crippen molar-refractivity contribution in [2.24, 2.45) is 5.92 Å². The predicted molar refractivity (Wildman–Crippen MR) is 137 cm³/mol. The summed E-state index contributed by atoms with van der Waals surface area (Å²) in [4.78, 5) is 31.6. The van der Waals surface area contributed by atoms with Crippen LogP contribution in [0.15, 0.2) is 42.5 Å². The van der Waals surface area contributed by atoms with Crippen molar-refractivity contribution >= 4 is 28.9 Å². The Morgan fingerprint density at radius 3 is 2.42 bits per heavy atom. The Morgan fingerprint density at radius 2 is 1.74 bits per heavy atom. The molecular formula is C28H31F3N4O3. The lowest BCUT2D eigenvalue weighted by Gasteiger charge is -2.29. The van der Waals surface area contributed by atoms with Gasteiger partial charge in [0.25, 0.3) is 5.91 Å². The molecule has 0 radical (unpaired) electrons. The van der Waals surface area contributed by atoms with Crippen LogP contribution in [0.5, 0.6) is 0 Å². The molecule has 10 heteroatoms. The lowest BCUT2D eigenvalue weighted by atomic mass is 9.86. The van der Waals surface area contributed by atoms with E-state index in [1.54, 1.807) is 0 Å². The van der Waals surface area contributed by atoms with Gasteiger partial charge in [0.2, 0.25) is 5.95 Å². The molecule has 2 heterocycles. The highest BCUT2D eigenvalue weighted by Crippen LogP contribution is 2.37. The standard InChI is InChI=1S/C28H31F3N4O3/c29-28(30,31)21-6-4-5-20(16-21)25(36)33-27-32-23-15-18(17-34-13-2-1-3-14-34)7-12-24(23)35(27)22-10-8-19(9-11-22)26(37)38/h4-7,12,15-16,19,22H,1-3,8-11,13-14,17H2,(H,37,38)(H,32,33,36). The van der Waals surface area contributed by atoms with E-state index in [4.69, 9.17) is 4.98 Å². The van der Waals surface area contributed by atoms with E-state index in [0.717, 1.165) is 42.8 Å². The van der Waals surface area contributed by atoms with Crippen molar-refractivity contribution in [3.8, 4) is 0 Å². The van der Waals surface area contributed by atoms with Gasteiger partial charge in [0.05, 0.1) is 22.5 Å². The molecule has 38 heavy (non-hydrogen) atoms. The third-order valence-electron chi connectivity index (χ3n) is 7.70. The average molecular weight is 529 g/mol. The number of carboxylic acids is 1. The molecule has 1 aliphatic carbocycles. The predicted octanol–water partition coefficient (Wildman–Crippen LogP) is 6.11. The number of likely N-dealkylation sites (tertiary alicyclic amines) is 1. The van der Waals surface area contributed by atoms with Crippen molar-refractivity contribution in [1.29, 1.82) is 0 Å². The number of carbonyl (C=O) groups is 2. The summed E-state index contributed by atoms with van der Waals surface area (Å²) in [6, 6.07) is 10.3. The summed E-state index contributed by atoms with van der Waals surface area (Å²) in [6.07, 6.45) is 1.27. The van der Waals surface area contributed by atoms with Crippen LogP contribution in [0.4, 0.5) is 19.1 Å². The Hall–Kier alpha value is -3.40. The maximum Gasteiger partial charge on any atom is 0.416 e. The van der Waals surface area contributed by atoms with Gasteiger partial charge in [-0.2, -0.15) is 13.2 Å². The first-order valence-corrected chi connectivity index (χ1v) is 13.1. The third kappa shape index (κ3) is 5.70. The van der Waals surface area contributed by atoms with E-state index in [-0.39, 0.29) is 17.6 Å². The zero-order chi connectivity index (χ0) is 26.9. The van der Waals surface area contributed by atoms with Gasteiger partial charge < -0.3 is 9.67 Å². The number of amides is 1. The molecule has 5 rings (SSSR count). The van der Waals surface area contributed by atoms with E-state index in [0.29, 0.717) is 31.2 Å². The number of nitrogens with zero attached hydrogens (tertiary/aromatic N) is 3. The second kappa shape index (κ2) is 10.8. The van der Waals surface area contributed by atoms with Crippen LogP contribution in [-0.2, 0) is 17.5 Å². The van der Waals surface area contributed by atoms with E-state index < -0.39 is 29.5 Å². The number of anilines is 1. The summed E-state index contributed by atoms with van der Waals surface area (Å²) in [7, 11) is 0. The average Bonchev–Trinajstić information content (AvgIpc) is 3.25. The minimum atomic E-state index is -4.56. The smallest absolute Gasteiger partial charge is 0.416 e. The van der Waals surface area contributed by atoms with Crippen LogP contribution in [0, 0.1) is 5.92 Å². The molecule has 202 valence electrons. The van der Waals surface area contributed by atoms with E-state index in [9.17, 15) is 27.9 Å². The number of rotatable bonds is 6. The summed E-state index contributed by atoms with van der Waals surface area (Å²) in [5.41, 5.74) is 1.60. The fourth-order valence-electron chi connectivity index (χ4n) is 5.67. The number of aliphatic carboxylic acids is 1. The Labute approximate surface area is 218 Å². The van der Waals surface area contributed by atoms with Crippen LogP contribution in [0.25, 0.3) is 11.0 Å². The Kier molecular flexibility index (Phi) is 7.43. The minimum Gasteiger partial charge on any atom is -0.481 e. The highest BCUT2D eigenvalue weighted by molar-refractivity contribution is 6.04. The molecule has 0 atom stereocenters. The number of piperidine rings is 1. The van der Waals surface area contributed by atoms with Crippen LogP contribution in [0.3, 0.4) is 0 Å². The van der Waals surface area contributed by atoms with Gasteiger partial charge in [-0.1, -0.05) is 18.6 Å². The number of imidazole rings is 1. The highest BCUT2D eigenvalue weighted by Gasteiger charge is 2.32. The van der Waals surface area contributed by atoms with Gasteiger partial charge >= 0.3 is 12.1 Å². The van der Waals surface area contributed by atoms with E-state index in [1.807, 2.05) is 16.7 Å². The number of carboxylic acid groups (broad SMARTS) is 1. The third-order valence-corrected chi connectivity index (χ3v) is 7.70. The molecule has 0 unspecified atom stereocenters. The second-order valence-corrected chi connectivity index (χ2v) is 10.3.